The van der Waals surface area contributed by atoms with Gasteiger partial charge in [0.25, 0.3) is 0 Å². The number of fused-ring (bicyclic) bond motifs is 2. The second-order valence-corrected chi connectivity index (χ2v) is 15.5. The normalized spacial score (nSPS) is 15.6. The van der Waals surface area contributed by atoms with Crippen molar-refractivity contribution in [2.45, 2.75) is 38.8 Å². The quantitative estimate of drug-likeness (QED) is 0.0429. The molecule has 20 nitrogen and oxygen atoms in total. The van der Waals surface area contributed by atoms with Crippen molar-refractivity contribution in [1.82, 2.24) is 18.9 Å². The molecule has 2 aromatic heterocycles. The van der Waals surface area contributed by atoms with Crippen molar-refractivity contribution in [2.75, 3.05) is 88.6 Å². The summed E-state index contributed by atoms with van der Waals surface area (Å²) in [6.07, 6.45) is 5.25. The first-order valence-corrected chi connectivity index (χ1v) is 21.2. The van der Waals surface area contributed by atoms with Crippen LogP contribution in [0.1, 0.15) is 46.4 Å². The molecular formula is C42H52F4N14O6. The van der Waals surface area contributed by atoms with Crippen LogP contribution < -0.4 is 43.6 Å². The Morgan fingerprint density at radius 1 is 0.576 bits per heavy atom. The lowest BCUT2D eigenvalue weighted by molar-refractivity contribution is 0.0684. The number of carboxylic acids is 2. The number of guanidine groups is 4. The molecule has 6 rings (SSSR count). The summed E-state index contributed by atoms with van der Waals surface area (Å²) in [5, 5.41) is 18.5. The highest BCUT2D eigenvalue weighted by molar-refractivity contribution is 5.96. The van der Waals surface area contributed by atoms with E-state index in [1.807, 2.05) is 0 Å². The zero-order chi connectivity index (χ0) is 47.7. The number of carboxylic acid groups (broad SMARTS) is 2. The van der Waals surface area contributed by atoms with Crippen LogP contribution >= 0.6 is 0 Å². The van der Waals surface area contributed by atoms with Crippen LogP contribution in [0.15, 0.2) is 66.2 Å². The number of pyridine rings is 2. The standard InChI is InChI=1S/C42H52F4N14O6/c43-5-9-59-23-27(37(63)64)35(61)25-19-29(45)33(21-31(25)59)55-11-15-57(16-12-55)41(49)53-39(47)51-7-3-1-2-4-8-52-40(48)54-42(50)58-17-13-56(14-18-58)34-22-32-26(20-30(34)46)36(62)28(38(65)66)24-60(32)10-6-44/h19-24H,1-18H2,(H,63,64)(H,65,66)(H4,47,49,51,53)(H4,48,50,52,54). The number of benzene rings is 2. The molecule has 2 aromatic carbocycles. The lowest BCUT2D eigenvalue weighted by atomic mass is 10.1. The van der Waals surface area contributed by atoms with Crippen LogP contribution in [0.25, 0.3) is 21.8 Å². The molecule has 2 saturated heterocycles. The maximum atomic E-state index is 15.3. The van der Waals surface area contributed by atoms with E-state index in [0.29, 0.717) is 65.4 Å². The van der Waals surface area contributed by atoms with Crippen molar-refractivity contribution in [3.63, 3.8) is 0 Å². The fraction of sp³-hybridized carbons (Fsp3) is 0.429. The zero-order valence-electron chi connectivity index (χ0n) is 36.0. The number of halogens is 4. The maximum absolute atomic E-state index is 15.3. The number of piperazine rings is 2. The Labute approximate surface area is 374 Å². The van der Waals surface area contributed by atoms with Gasteiger partial charge in [0.15, 0.2) is 11.9 Å². The van der Waals surface area contributed by atoms with Crippen LogP contribution in [-0.4, -0.2) is 144 Å². The Morgan fingerprint density at radius 3 is 1.27 bits per heavy atom. The van der Waals surface area contributed by atoms with Crippen molar-refractivity contribution in [2.24, 2.45) is 42.9 Å². The number of carbonyl (C=O) groups is 2. The molecule has 2 aliphatic heterocycles. The van der Waals surface area contributed by atoms with Gasteiger partial charge < -0.3 is 61.9 Å². The van der Waals surface area contributed by atoms with Crippen molar-refractivity contribution < 1.29 is 37.4 Å². The lowest BCUT2D eigenvalue weighted by Crippen LogP contribution is -2.51. The van der Waals surface area contributed by atoms with Gasteiger partial charge in [-0.05, 0) is 37.1 Å². The molecule has 0 bridgehead atoms. The second kappa shape index (κ2) is 21.5. The third kappa shape index (κ3) is 11.1. The highest BCUT2D eigenvalue weighted by Gasteiger charge is 2.26. The molecular weight excluding hydrogens is 873 g/mol. The summed E-state index contributed by atoms with van der Waals surface area (Å²) in [4.78, 5) is 72.6. The molecule has 4 heterocycles. The van der Waals surface area contributed by atoms with Gasteiger partial charge in [0, 0.05) is 88.6 Å². The van der Waals surface area contributed by atoms with Gasteiger partial charge in [-0.2, -0.15) is 9.98 Å². The first-order valence-electron chi connectivity index (χ1n) is 21.2. The van der Waals surface area contributed by atoms with Crippen LogP contribution in [0.5, 0.6) is 0 Å². The van der Waals surface area contributed by atoms with E-state index in [1.54, 1.807) is 19.6 Å². The van der Waals surface area contributed by atoms with Gasteiger partial charge in [-0.1, -0.05) is 12.8 Å². The Hall–Kier alpha value is -7.40. The number of aromatic nitrogens is 2. The Morgan fingerprint density at radius 2 is 0.939 bits per heavy atom. The third-order valence-corrected chi connectivity index (χ3v) is 11.4. The average Bonchev–Trinajstić information content (AvgIpc) is 3.28. The van der Waals surface area contributed by atoms with Crippen LogP contribution in [0.4, 0.5) is 28.9 Å². The van der Waals surface area contributed by atoms with Gasteiger partial charge in [-0.25, -0.2) is 27.2 Å². The minimum Gasteiger partial charge on any atom is -0.477 e. The number of aliphatic imine (C=N–C) groups is 4. The van der Waals surface area contributed by atoms with Gasteiger partial charge in [0.2, 0.25) is 22.8 Å². The monoisotopic (exact) mass is 924 g/mol. The molecule has 24 heteroatoms. The first kappa shape index (κ1) is 48.1. The Bertz CT molecular complexity index is 2520. The Balaban J connectivity index is 0.913. The lowest BCUT2D eigenvalue weighted by Gasteiger charge is -2.36. The average molecular weight is 925 g/mol. The van der Waals surface area contributed by atoms with Crippen molar-refractivity contribution in [3.8, 4) is 0 Å². The summed E-state index contributed by atoms with van der Waals surface area (Å²) in [5.74, 6) is -4.07. The van der Waals surface area contributed by atoms with E-state index in [0.717, 1.165) is 50.2 Å². The minimum atomic E-state index is -1.48. The number of hydrogen-bond donors (Lipinski definition) is 6. The molecule has 0 amide bonds. The molecule has 0 atom stereocenters. The van der Waals surface area contributed by atoms with Crippen LogP contribution in [-0.2, 0) is 13.1 Å². The fourth-order valence-electron chi connectivity index (χ4n) is 7.90. The summed E-state index contributed by atoms with van der Waals surface area (Å²) < 4.78 is 59.8. The van der Waals surface area contributed by atoms with E-state index in [4.69, 9.17) is 22.9 Å². The van der Waals surface area contributed by atoms with E-state index in [-0.39, 0.29) is 70.1 Å². The molecule has 0 radical (unpaired) electrons. The predicted molar refractivity (Wildman–Crippen MR) is 244 cm³/mol. The third-order valence-electron chi connectivity index (χ3n) is 11.4. The molecule has 354 valence electrons. The minimum absolute atomic E-state index is 0.0107. The number of unbranched alkanes of at least 4 members (excludes halogenated alkanes) is 3. The number of aromatic carboxylic acids is 2. The second-order valence-electron chi connectivity index (χ2n) is 15.5. The molecule has 10 N–H and O–H groups in total. The summed E-state index contributed by atoms with van der Waals surface area (Å²) in [6.45, 7) is 1.58. The molecule has 0 spiro atoms. The molecule has 2 aliphatic rings. The van der Waals surface area contributed by atoms with E-state index < -0.39 is 58.9 Å². The summed E-state index contributed by atoms with van der Waals surface area (Å²) in [7, 11) is 0. The fourth-order valence-corrected chi connectivity index (χ4v) is 7.90. The summed E-state index contributed by atoms with van der Waals surface area (Å²) in [5.41, 5.74) is 22.5. The molecule has 0 unspecified atom stereocenters. The van der Waals surface area contributed by atoms with E-state index in [2.05, 4.69) is 20.0 Å². The SMILES string of the molecule is NC(=NCCCCCCN=C(N)/N=C(\N)N1CCN(c2cc3c(cc2F)c(=O)c(C(=O)O)cn3CCF)CC1)/N=C(\N)N1CCN(c2cc3c(cc2F)c(=O)c(C(=O)O)cn3CCF)CC1. The molecule has 0 saturated carbocycles. The topological polar surface area (TPSA) is 285 Å². The van der Waals surface area contributed by atoms with Gasteiger partial charge in [0.1, 0.15) is 36.1 Å². The van der Waals surface area contributed by atoms with E-state index in [1.165, 1.54) is 21.3 Å². The zero-order valence-corrected chi connectivity index (χ0v) is 36.0. The van der Waals surface area contributed by atoms with Crippen LogP contribution in [0.3, 0.4) is 0 Å². The number of nitrogens with two attached hydrogens (primary N) is 4. The summed E-state index contributed by atoms with van der Waals surface area (Å²) in [6, 6.07) is 4.84. The number of alkyl halides is 2. The molecule has 2 fully saturated rings. The van der Waals surface area contributed by atoms with Crippen LogP contribution in [0, 0.1) is 11.6 Å². The maximum Gasteiger partial charge on any atom is 0.341 e. The largest absolute Gasteiger partial charge is 0.477 e. The van der Waals surface area contributed by atoms with Gasteiger partial charge in [-0.3, -0.25) is 19.6 Å². The number of aryl methyl sites for hydroxylation is 2. The van der Waals surface area contributed by atoms with Gasteiger partial charge >= 0.3 is 11.9 Å². The van der Waals surface area contributed by atoms with Crippen molar-refractivity contribution in [1.29, 1.82) is 0 Å². The number of nitrogens with zero attached hydrogens (tertiary/aromatic N) is 10. The van der Waals surface area contributed by atoms with E-state index >= 15 is 8.78 Å². The van der Waals surface area contributed by atoms with Crippen molar-refractivity contribution in [3.05, 3.63) is 79.9 Å². The number of rotatable bonds is 15. The highest BCUT2D eigenvalue weighted by Crippen LogP contribution is 2.28. The molecule has 66 heavy (non-hydrogen) atoms. The summed E-state index contributed by atoms with van der Waals surface area (Å²) >= 11 is 0. The van der Waals surface area contributed by atoms with Gasteiger partial charge in [-0.15, -0.1) is 0 Å². The predicted octanol–water partition coefficient (Wildman–Crippen LogP) is 1.69. The Kier molecular flexibility index (Phi) is 15.7. The van der Waals surface area contributed by atoms with Gasteiger partial charge in [0.05, 0.1) is 35.5 Å². The van der Waals surface area contributed by atoms with Crippen LogP contribution in [0.2, 0.25) is 0 Å². The highest BCUT2D eigenvalue weighted by atomic mass is 19.1. The number of hydrogen-bond acceptors (Lipinski definition) is 8. The van der Waals surface area contributed by atoms with E-state index in [9.17, 15) is 38.2 Å². The molecule has 4 aromatic rings. The smallest absolute Gasteiger partial charge is 0.341 e. The number of anilines is 2. The van der Waals surface area contributed by atoms with Crippen molar-refractivity contribution >= 4 is 69.0 Å². The first-order chi connectivity index (χ1) is 31.6. The molecule has 0 aliphatic carbocycles.